The van der Waals surface area contributed by atoms with Gasteiger partial charge < -0.3 is 5.11 Å². The van der Waals surface area contributed by atoms with Crippen LogP contribution < -0.4 is 0 Å². The molecule has 0 aliphatic carbocycles. The minimum atomic E-state index is -0.762. The van der Waals surface area contributed by atoms with E-state index in [0.717, 1.165) is 13.0 Å². The summed E-state index contributed by atoms with van der Waals surface area (Å²) in [6.07, 6.45) is 0.977. The van der Waals surface area contributed by atoms with Gasteiger partial charge in [-0.2, -0.15) is 0 Å². The van der Waals surface area contributed by atoms with Crippen LogP contribution in [0.15, 0.2) is 30.3 Å². The van der Waals surface area contributed by atoms with E-state index in [1.807, 2.05) is 30.0 Å². The molecule has 0 aromatic heterocycles. The Kier molecular flexibility index (Phi) is 5.86. The first kappa shape index (κ1) is 14.7. The fraction of sp³-hybridized carbons (Fsp3) is 0.533. The van der Waals surface area contributed by atoms with E-state index >= 15 is 0 Å². The molecule has 0 radical (unpaired) electrons. The van der Waals surface area contributed by atoms with E-state index in [4.69, 9.17) is 5.11 Å². The SMILES string of the molecule is CCN(CC(=O)O)C(CC(C)C)c1ccccc1. The summed E-state index contributed by atoms with van der Waals surface area (Å²) in [6.45, 7) is 7.20. The molecule has 0 aliphatic rings. The van der Waals surface area contributed by atoms with Gasteiger partial charge in [0.25, 0.3) is 0 Å². The summed E-state index contributed by atoms with van der Waals surface area (Å²) in [5.74, 6) is -0.223. The van der Waals surface area contributed by atoms with Crippen LogP contribution in [0.3, 0.4) is 0 Å². The van der Waals surface area contributed by atoms with Crippen LogP contribution in [0.5, 0.6) is 0 Å². The predicted octanol–water partition coefficient (Wildman–Crippen LogP) is 3.18. The topological polar surface area (TPSA) is 40.5 Å². The Labute approximate surface area is 109 Å². The molecule has 1 aromatic rings. The second-order valence-corrected chi connectivity index (χ2v) is 5.01. The number of carbonyl (C=O) groups is 1. The van der Waals surface area contributed by atoms with Crippen LogP contribution in [0.2, 0.25) is 0 Å². The Hall–Kier alpha value is -1.35. The number of carboxylic acids is 1. The molecule has 1 atom stereocenters. The molecular weight excluding hydrogens is 226 g/mol. The minimum Gasteiger partial charge on any atom is -0.480 e. The number of benzene rings is 1. The molecule has 18 heavy (non-hydrogen) atoms. The maximum Gasteiger partial charge on any atom is 0.317 e. The Balaban J connectivity index is 2.92. The van der Waals surface area contributed by atoms with Crippen LogP contribution >= 0.6 is 0 Å². The molecule has 0 heterocycles. The van der Waals surface area contributed by atoms with Crippen molar-refractivity contribution < 1.29 is 9.90 Å². The summed E-state index contributed by atoms with van der Waals surface area (Å²) in [7, 11) is 0. The van der Waals surface area contributed by atoms with Gasteiger partial charge in [-0.3, -0.25) is 9.69 Å². The molecule has 1 aromatic carbocycles. The summed E-state index contributed by atoms with van der Waals surface area (Å²) in [6, 6.07) is 10.4. The van der Waals surface area contributed by atoms with Gasteiger partial charge in [-0.05, 0) is 24.4 Å². The van der Waals surface area contributed by atoms with Crippen molar-refractivity contribution in [1.29, 1.82) is 0 Å². The lowest BCUT2D eigenvalue weighted by atomic mass is 9.95. The molecule has 3 heteroatoms. The van der Waals surface area contributed by atoms with Crippen molar-refractivity contribution in [1.82, 2.24) is 4.90 Å². The highest BCUT2D eigenvalue weighted by Gasteiger charge is 2.21. The monoisotopic (exact) mass is 249 g/mol. The zero-order chi connectivity index (χ0) is 13.5. The first-order valence-electron chi connectivity index (χ1n) is 6.55. The zero-order valence-corrected chi connectivity index (χ0v) is 11.5. The number of nitrogens with zero attached hydrogens (tertiary/aromatic N) is 1. The molecule has 1 N–H and O–H groups in total. The zero-order valence-electron chi connectivity index (χ0n) is 11.5. The van der Waals surface area contributed by atoms with E-state index in [-0.39, 0.29) is 12.6 Å². The van der Waals surface area contributed by atoms with Crippen LogP contribution in [-0.4, -0.2) is 29.1 Å². The largest absolute Gasteiger partial charge is 0.480 e. The van der Waals surface area contributed by atoms with Gasteiger partial charge in [0.05, 0.1) is 6.54 Å². The lowest BCUT2D eigenvalue weighted by Crippen LogP contribution is -2.34. The molecule has 0 bridgehead atoms. The molecular formula is C15H23NO2. The van der Waals surface area contributed by atoms with Crippen LogP contribution in [0.4, 0.5) is 0 Å². The third kappa shape index (κ3) is 4.49. The van der Waals surface area contributed by atoms with Crippen molar-refractivity contribution in [3.05, 3.63) is 35.9 Å². The lowest BCUT2D eigenvalue weighted by Gasteiger charge is -2.31. The van der Waals surface area contributed by atoms with E-state index in [0.29, 0.717) is 5.92 Å². The molecule has 1 unspecified atom stereocenters. The predicted molar refractivity (Wildman–Crippen MR) is 73.5 cm³/mol. The van der Waals surface area contributed by atoms with Crippen LogP contribution in [0, 0.1) is 5.92 Å². The highest BCUT2D eigenvalue weighted by Crippen LogP contribution is 2.27. The molecule has 0 aliphatic heterocycles. The van der Waals surface area contributed by atoms with Gasteiger partial charge in [0.15, 0.2) is 0 Å². The van der Waals surface area contributed by atoms with Gasteiger partial charge in [0.1, 0.15) is 0 Å². The minimum absolute atomic E-state index is 0.1000. The third-order valence-electron chi connectivity index (χ3n) is 3.06. The van der Waals surface area contributed by atoms with Crippen LogP contribution in [0.1, 0.15) is 38.8 Å². The summed E-state index contributed by atoms with van der Waals surface area (Å²) in [5, 5.41) is 9.00. The van der Waals surface area contributed by atoms with Crippen molar-refractivity contribution in [2.45, 2.75) is 33.2 Å². The second kappa shape index (κ2) is 7.17. The number of likely N-dealkylation sites (N-methyl/N-ethyl adjacent to an activating group) is 1. The molecule has 0 amide bonds. The lowest BCUT2D eigenvalue weighted by molar-refractivity contribution is -0.139. The fourth-order valence-electron chi connectivity index (χ4n) is 2.23. The second-order valence-electron chi connectivity index (χ2n) is 5.01. The molecule has 0 spiro atoms. The molecule has 0 saturated carbocycles. The van der Waals surface area contributed by atoms with Crippen molar-refractivity contribution in [2.24, 2.45) is 5.92 Å². The van der Waals surface area contributed by atoms with Crippen LogP contribution in [-0.2, 0) is 4.79 Å². The first-order valence-corrected chi connectivity index (χ1v) is 6.55. The molecule has 3 nitrogen and oxygen atoms in total. The Bertz CT molecular complexity index is 362. The number of aliphatic carboxylic acids is 1. The van der Waals surface area contributed by atoms with Gasteiger partial charge in [-0.1, -0.05) is 51.1 Å². The standard InChI is InChI=1S/C15H23NO2/c1-4-16(11-15(17)18)14(10-12(2)3)13-8-6-5-7-9-13/h5-9,12,14H,4,10-11H2,1-3H3,(H,17,18). The smallest absolute Gasteiger partial charge is 0.317 e. The van der Waals surface area contributed by atoms with Crippen molar-refractivity contribution in [2.75, 3.05) is 13.1 Å². The fourth-order valence-corrected chi connectivity index (χ4v) is 2.23. The molecule has 1 rings (SSSR count). The Morgan fingerprint density at radius 1 is 1.28 bits per heavy atom. The number of carboxylic acid groups (broad SMARTS) is 1. The van der Waals surface area contributed by atoms with E-state index < -0.39 is 5.97 Å². The van der Waals surface area contributed by atoms with Crippen LogP contribution in [0.25, 0.3) is 0 Å². The van der Waals surface area contributed by atoms with Crippen molar-refractivity contribution >= 4 is 5.97 Å². The number of rotatable bonds is 7. The highest BCUT2D eigenvalue weighted by molar-refractivity contribution is 5.69. The first-order chi connectivity index (χ1) is 8.54. The van der Waals surface area contributed by atoms with E-state index in [2.05, 4.69) is 26.0 Å². The van der Waals surface area contributed by atoms with Gasteiger partial charge >= 0.3 is 5.97 Å². The van der Waals surface area contributed by atoms with E-state index in [9.17, 15) is 4.79 Å². The maximum absolute atomic E-state index is 10.9. The van der Waals surface area contributed by atoms with Crippen molar-refractivity contribution in [3.8, 4) is 0 Å². The highest BCUT2D eigenvalue weighted by atomic mass is 16.4. The molecule has 100 valence electrons. The number of hydrogen-bond donors (Lipinski definition) is 1. The normalized spacial score (nSPS) is 12.9. The Morgan fingerprint density at radius 3 is 2.33 bits per heavy atom. The molecule has 0 saturated heterocycles. The van der Waals surface area contributed by atoms with Gasteiger partial charge in [0.2, 0.25) is 0 Å². The summed E-state index contributed by atoms with van der Waals surface area (Å²) in [5.41, 5.74) is 1.20. The van der Waals surface area contributed by atoms with Gasteiger partial charge in [-0.15, -0.1) is 0 Å². The maximum atomic E-state index is 10.9. The third-order valence-corrected chi connectivity index (χ3v) is 3.06. The van der Waals surface area contributed by atoms with Crippen molar-refractivity contribution in [3.63, 3.8) is 0 Å². The quantitative estimate of drug-likeness (QED) is 0.807. The Morgan fingerprint density at radius 2 is 1.89 bits per heavy atom. The number of hydrogen-bond acceptors (Lipinski definition) is 2. The molecule has 0 fully saturated rings. The average Bonchev–Trinajstić information content (AvgIpc) is 2.34. The van der Waals surface area contributed by atoms with Gasteiger partial charge in [-0.25, -0.2) is 0 Å². The van der Waals surface area contributed by atoms with E-state index in [1.54, 1.807) is 0 Å². The van der Waals surface area contributed by atoms with E-state index in [1.165, 1.54) is 5.56 Å². The summed E-state index contributed by atoms with van der Waals surface area (Å²) >= 11 is 0. The summed E-state index contributed by atoms with van der Waals surface area (Å²) in [4.78, 5) is 13.0. The van der Waals surface area contributed by atoms with Gasteiger partial charge in [0, 0.05) is 6.04 Å². The summed E-state index contributed by atoms with van der Waals surface area (Å²) < 4.78 is 0. The average molecular weight is 249 g/mol.